The molecule has 2 saturated heterocycles. The summed E-state index contributed by atoms with van der Waals surface area (Å²) in [6.07, 6.45) is -0.355. The van der Waals surface area contributed by atoms with E-state index in [0.717, 1.165) is 12.4 Å². The molecule has 3 nitrogen and oxygen atoms in total. The van der Waals surface area contributed by atoms with Crippen LogP contribution in [0.3, 0.4) is 0 Å². The maximum absolute atomic E-state index is 9.70. The first-order chi connectivity index (χ1) is 7.36. The van der Waals surface area contributed by atoms with Crippen molar-refractivity contribution in [2.24, 2.45) is 0 Å². The number of aliphatic hydroxyl groups excluding tert-OH is 1. The third-order valence-electron chi connectivity index (χ3n) is 3.08. The normalized spacial score (nSPS) is 35.7. The molecule has 3 rings (SSSR count). The molecule has 0 bridgehead atoms. The summed E-state index contributed by atoms with van der Waals surface area (Å²) in [5.41, 5.74) is 1.33. The molecule has 2 heterocycles. The van der Waals surface area contributed by atoms with Crippen LogP contribution in [0.25, 0.3) is 0 Å². The molecular formula is C11H14N2OS. The molecule has 3 atom stereocenters. The van der Waals surface area contributed by atoms with Gasteiger partial charge in [0, 0.05) is 5.75 Å². The number of benzene rings is 1. The minimum absolute atomic E-state index is 0.278. The Hall–Kier alpha value is -0.550. The Morgan fingerprint density at radius 2 is 2.13 bits per heavy atom. The second-order valence-corrected chi connectivity index (χ2v) is 5.10. The fraction of sp³-hybridized carbons (Fsp3) is 0.455. The van der Waals surface area contributed by atoms with E-state index in [2.05, 4.69) is 34.5 Å². The van der Waals surface area contributed by atoms with Gasteiger partial charge in [-0.15, -0.1) is 11.8 Å². The predicted molar refractivity (Wildman–Crippen MR) is 61.3 cm³/mol. The molecule has 80 valence electrons. The fourth-order valence-corrected chi connectivity index (χ4v) is 3.79. The van der Waals surface area contributed by atoms with Crippen molar-refractivity contribution >= 4 is 11.8 Å². The van der Waals surface area contributed by atoms with Gasteiger partial charge in [0.1, 0.15) is 6.23 Å². The Morgan fingerprint density at radius 1 is 1.33 bits per heavy atom. The molecule has 2 N–H and O–H groups in total. The fourth-order valence-electron chi connectivity index (χ4n) is 2.27. The summed E-state index contributed by atoms with van der Waals surface area (Å²) in [7, 11) is 0. The van der Waals surface area contributed by atoms with Crippen LogP contribution >= 0.6 is 11.8 Å². The number of nitrogens with one attached hydrogen (secondary N) is 1. The Balaban J connectivity index is 1.85. The summed E-state index contributed by atoms with van der Waals surface area (Å²) in [5.74, 6) is 1.01. The maximum Gasteiger partial charge on any atom is 0.122 e. The van der Waals surface area contributed by atoms with Crippen molar-refractivity contribution in [3.05, 3.63) is 35.9 Å². The average Bonchev–Trinajstić information content (AvgIpc) is 2.83. The first kappa shape index (κ1) is 9.66. The number of hydrogen-bond acceptors (Lipinski definition) is 4. The van der Waals surface area contributed by atoms with E-state index in [1.807, 2.05) is 17.8 Å². The van der Waals surface area contributed by atoms with Gasteiger partial charge >= 0.3 is 0 Å². The molecule has 1 aromatic rings. The summed E-state index contributed by atoms with van der Waals surface area (Å²) in [6.45, 7) is 0.790. The van der Waals surface area contributed by atoms with E-state index in [4.69, 9.17) is 0 Å². The van der Waals surface area contributed by atoms with Gasteiger partial charge < -0.3 is 5.11 Å². The SMILES string of the molecule is OC1NCN2C(c3ccccc3)SCC12. The third kappa shape index (κ3) is 1.58. The van der Waals surface area contributed by atoms with E-state index in [-0.39, 0.29) is 12.3 Å². The molecule has 0 saturated carbocycles. The van der Waals surface area contributed by atoms with E-state index in [0.29, 0.717) is 5.37 Å². The van der Waals surface area contributed by atoms with Crippen molar-refractivity contribution in [3.63, 3.8) is 0 Å². The number of aliphatic hydroxyl groups is 1. The molecule has 4 heteroatoms. The van der Waals surface area contributed by atoms with Gasteiger partial charge in [0.05, 0.1) is 18.1 Å². The standard InChI is InChI=1S/C11H14N2OS/c14-10-9-6-15-11(13(9)7-12-10)8-4-2-1-3-5-8/h1-5,9-12,14H,6-7H2. The summed E-state index contributed by atoms with van der Waals surface area (Å²) < 4.78 is 0. The highest BCUT2D eigenvalue weighted by Crippen LogP contribution is 2.42. The molecule has 15 heavy (non-hydrogen) atoms. The topological polar surface area (TPSA) is 35.5 Å². The quantitative estimate of drug-likeness (QED) is 0.742. The Bertz CT molecular complexity index is 346. The molecule has 0 aliphatic carbocycles. The minimum atomic E-state index is -0.355. The van der Waals surface area contributed by atoms with Gasteiger partial charge in [0.2, 0.25) is 0 Å². The second kappa shape index (κ2) is 3.79. The molecule has 2 fully saturated rings. The summed E-state index contributed by atoms with van der Waals surface area (Å²) in [4.78, 5) is 2.34. The number of fused-ring (bicyclic) bond motifs is 1. The van der Waals surface area contributed by atoms with Crippen LogP contribution in [0.15, 0.2) is 30.3 Å². The smallest absolute Gasteiger partial charge is 0.122 e. The molecule has 3 unspecified atom stereocenters. The monoisotopic (exact) mass is 222 g/mol. The van der Waals surface area contributed by atoms with Crippen LogP contribution in [-0.2, 0) is 0 Å². The molecule has 1 aromatic carbocycles. The highest BCUT2D eigenvalue weighted by molar-refractivity contribution is 7.99. The van der Waals surface area contributed by atoms with Gasteiger partial charge in [-0.25, -0.2) is 0 Å². The molecule has 2 aliphatic heterocycles. The largest absolute Gasteiger partial charge is 0.377 e. The van der Waals surface area contributed by atoms with Crippen molar-refractivity contribution in [2.75, 3.05) is 12.4 Å². The van der Waals surface area contributed by atoms with Crippen molar-refractivity contribution in [1.29, 1.82) is 0 Å². The van der Waals surface area contributed by atoms with Gasteiger partial charge in [-0.2, -0.15) is 0 Å². The zero-order valence-corrected chi connectivity index (χ0v) is 9.15. The number of hydrogen-bond donors (Lipinski definition) is 2. The number of nitrogens with zero attached hydrogens (tertiary/aromatic N) is 1. The lowest BCUT2D eigenvalue weighted by atomic mass is 10.2. The minimum Gasteiger partial charge on any atom is -0.377 e. The number of thioether (sulfide) groups is 1. The van der Waals surface area contributed by atoms with Crippen molar-refractivity contribution in [3.8, 4) is 0 Å². The molecule has 0 aromatic heterocycles. The highest BCUT2D eigenvalue weighted by Gasteiger charge is 2.42. The van der Waals surface area contributed by atoms with Crippen LogP contribution in [0, 0.1) is 0 Å². The van der Waals surface area contributed by atoms with Crippen LogP contribution < -0.4 is 5.32 Å². The van der Waals surface area contributed by atoms with E-state index in [1.165, 1.54) is 5.56 Å². The molecule has 0 radical (unpaired) electrons. The van der Waals surface area contributed by atoms with Gasteiger partial charge in [0.25, 0.3) is 0 Å². The van der Waals surface area contributed by atoms with E-state index in [1.54, 1.807) is 0 Å². The predicted octanol–water partition coefficient (Wildman–Crippen LogP) is 0.982. The molecule has 0 spiro atoms. The van der Waals surface area contributed by atoms with Crippen LogP contribution in [0.2, 0.25) is 0 Å². The summed E-state index contributed by atoms with van der Waals surface area (Å²) in [5, 5.41) is 13.2. The zero-order valence-electron chi connectivity index (χ0n) is 8.34. The van der Waals surface area contributed by atoms with Gasteiger partial charge in [-0.1, -0.05) is 30.3 Å². The van der Waals surface area contributed by atoms with Gasteiger partial charge in [-0.3, -0.25) is 10.2 Å². The van der Waals surface area contributed by atoms with Crippen LogP contribution in [0.5, 0.6) is 0 Å². The van der Waals surface area contributed by atoms with Gasteiger partial charge in [0.15, 0.2) is 0 Å². The van der Waals surface area contributed by atoms with Crippen molar-refractivity contribution in [2.45, 2.75) is 17.6 Å². The Morgan fingerprint density at radius 3 is 2.93 bits per heavy atom. The van der Waals surface area contributed by atoms with Gasteiger partial charge in [-0.05, 0) is 5.56 Å². The van der Waals surface area contributed by atoms with Crippen LogP contribution in [-0.4, -0.2) is 34.7 Å². The van der Waals surface area contributed by atoms with Crippen LogP contribution in [0.1, 0.15) is 10.9 Å². The highest BCUT2D eigenvalue weighted by atomic mass is 32.2. The Kier molecular flexibility index (Phi) is 2.44. The van der Waals surface area contributed by atoms with Crippen LogP contribution in [0.4, 0.5) is 0 Å². The average molecular weight is 222 g/mol. The maximum atomic E-state index is 9.70. The summed E-state index contributed by atoms with van der Waals surface area (Å²) >= 11 is 1.92. The Labute approximate surface area is 93.5 Å². The molecular weight excluding hydrogens is 208 g/mol. The first-order valence-corrected chi connectivity index (χ1v) is 6.25. The van der Waals surface area contributed by atoms with Crippen molar-refractivity contribution in [1.82, 2.24) is 10.2 Å². The third-order valence-corrected chi connectivity index (χ3v) is 4.48. The van der Waals surface area contributed by atoms with E-state index < -0.39 is 0 Å². The molecule has 0 amide bonds. The first-order valence-electron chi connectivity index (χ1n) is 5.20. The second-order valence-electron chi connectivity index (χ2n) is 3.99. The zero-order chi connectivity index (χ0) is 10.3. The molecule has 2 aliphatic rings. The number of rotatable bonds is 1. The summed E-state index contributed by atoms with van der Waals surface area (Å²) in [6, 6.07) is 10.8. The van der Waals surface area contributed by atoms with Crippen molar-refractivity contribution < 1.29 is 5.11 Å². The van der Waals surface area contributed by atoms with E-state index in [9.17, 15) is 5.11 Å². The lowest BCUT2D eigenvalue weighted by Crippen LogP contribution is -2.33. The lowest BCUT2D eigenvalue weighted by Gasteiger charge is -2.21. The lowest BCUT2D eigenvalue weighted by molar-refractivity contribution is 0.120. The van der Waals surface area contributed by atoms with E-state index >= 15 is 0 Å².